The summed E-state index contributed by atoms with van der Waals surface area (Å²) in [5, 5.41) is 2.47. The third-order valence-electron chi connectivity index (χ3n) is 2.37. The van der Waals surface area contributed by atoms with Crippen LogP contribution in [0.25, 0.3) is 0 Å². The van der Waals surface area contributed by atoms with Gasteiger partial charge in [-0.2, -0.15) is 0 Å². The van der Waals surface area contributed by atoms with E-state index in [0.717, 1.165) is 9.35 Å². The molecule has 0 aliphatic carbocycles. The summed E-state index contributed by atoms with van der Waals surface area (Å²) >= 11 is 14.7. The van der Waals surface area contributed by atoms with Crippen molar-refractivity contribution in [3.8, 4) is 0 Å². The Morgan fingerprint density at radius 3 is 2.71 bits per heavy atom. The Labute approximate surface area is 125 Å². The SMILES string of the molecule is Fc1cccc(Cl)c1CC(Br)c1sccc1Br. The van der Waals surface area contributed by atoms with Crippen LogP contribution in [0.3, 0.4) is 0 Å². The van der Waals surface area contributed by atoms with Gasteiger partial charge in [0.25, 0.3) is 0 Å². The fraction of sp³-hybridized carbons (Fsp3) is 0.167. The molecule has 1 unspecified atom stereocenters. The Morgan fingerprint density at radius 2 is 2.12 bits per heavy atom. The van der Waals surface area contributed by atoms with E-state index in [9.17, 15) is 4.39 Å². The second-order valence-corrected chi connectivity index (χ2v) is 6.82. The standard InChI is InChI=1S/C12H8Br2ClFS/c13-8-4-5-17-12(8)9(14)6-7-10(15)2-1-3-11(7)16/h1-5,9H,6H2. The predicted octanol–water partition coefficient (Wildman–Crippen LogP) is 5.98. The quantitative estimate of drug-likeness (QED) is 0.558. The Morgan fingerprint density at radius 1 is 1.35 bits per heavy atom. The highest BCUT2D eigenvalue weighted by Crippen LogP contribution is 2.38. The van der Waals surface area contributed by atoms with Crippen molar-refractivity contribution in [2.45, 2.75) is 11.2 Å². The molecule has 0 fully saturated rings. The average molecular weight is 399 g/mol. The molecule has 1 aromatic carbocycles. The summed E-state index contributed by atoms with van der Waals surface area (Å²) in [4.78, 5) is 1.20. The fourth-order valence-electron chi connectivity index (χ4n) is 1.53. The summed E-state index contributed by atoms with van der Waals surface area (Å²) in [6, 6.07) is 6.75. The third kappa shape index (κ3) is 3.11. The lowest BCUT2D eigenvalue weighted by molar-refractivity contribution is 0.609. The Kier molecular flexibility index (Phi) is 4.64. The van der Waals surface area contributed by atoms with Crippen molar-refractivity contribution in [2.75, 3.05) is 0 Å². The molecule has 0 aliphatic heterocycles. The summed E-state index contributed by atoms with van der Waals surface area (Å²) < 4.78 is 14.7. The number of alkyl halides is 1. The molecule has 1 heterocycles. The lowest BCUT2D eigenvalue weighted by Gasteiger charge is -2.11. The van der Waals surface area contributed by atoms with Crippen LogP contribution >= 0.6 is 54.8 Å². The van der Waals surface area contributed by atoms with E-state index in [-0.39, 0.29) is 10.6 Å². The maximum atomic E-state index is 13.6. The minimum Gasteiger partial charge on any atom is -0.207 e. The van der Waals surface area contributed by atoms with Gasteiger partial charge in [0.15, 0.2) is 0 Å². The lowest BCUT2D eigenvalue weighted by Crippen LogP contribution is -1.98. The minimum atomic E-state index is -0.255. The van der Waals surface area contributed by atoms with Crippen molar-refractivity contribution in [3.05, 3.63) is 55.4 Å². The topological polar surface area (TPSA) is 0 Å². The number of hydrogen-bond donors (Lipinski definition) is 0. The second kappa shape index (κ2) is 5.83. The maximum absolute atomic E-state index is 13.6. The molecule has 1 atom stereocenters. The van der Waals surface area contributed by atoms with E-state index in [4.69, 9.17) is 11.6 Å². The fourth-order valence-corrected chi connectivity index (χ4v) is 4.60. The van der Waals surface area contributed by atoms with Crippen molar-refractivity contribution in [3.63, 3.8) is 0 Å². The van der Waals surface area contributed by atoms with Crippen molar-refractivity contribution in [1.82, 2.24) is 0 Å². The first-order valence-corrected chi connectivity index (χ1v) is 7.86. The monoisotopic (exact) mass is 396 g/mol. The Bertz CT molecular complexity index is 507. The van der Waals surface area contributed by atoms with Gasteiger partial charge in [-0.15, -0.1) is 11.3 Å². The van der Waals surface area contributed by atoms with Crippen LogP contribution in [0.15, 0.2) is 34.1 Å². The summed E-state index contributed by atoms with van der Waals surface area (Å²) in [5.74, 6) is -0.255. The van der Waals surface area contributed by atoms with Crippen LogP contribution in [-0.2, 0) is 6.42 Å². The molecule has 0 amide bonds. The van der Waals surface area contributed by atoms with Gasteiger partial charge in [-0.25, -0.2) is 4.39 Å². The van der Waals surface area contributed by atoms with E-state index in [1.54, 1.807) is 23.5 Å². The van der Waals surface area contributed by atoms with Crippen LogP contribution < -0.4 is 0 Å². The second-order valence-electron chi connectivity index (χ2n) is 3.50. The number of halogens is 4. The van der Waals surface area contributed by atoms with Crippen LogP contribution in [0, 0.1) is 5.82 Å². The molecule has 2 aromatic rings. The predicted molar refractivity (Wildman–Crippen MR) is 78.8 cm³/mol. The third-order valence-corrected chi connectivity index (χ3v) is 5.80. The van der Waals surface area contributed by atoms with Gasteiger partial charge in [0, 0.05) is 19.9 Å². The minimum absolute atomic E-state index is 0.0614. The van der Waals surface area contributed by atoms with Gasteiger partial charge in [-0.05, 0) is 45.9 Å². The smallest absolute Gasteiger partial charge is 0.127 e. The normalized spacial score (nSPS) is 12.7. The highest BCUT2D eigenvalue weighted by Gasteiger charge is 2.17. The first-order chi connectivity index (χ1) is 8.09. The molecule has 0 radical (unpaired) electrons. The molecule has 0 aliphatic rings. The molecular weight excluding hydrogens is 390 g/mol. The van der Waals surface area contributed by atoms with Gasteiger partial charge in [0.1, 0.15) is 5.82 Å². The highest BCUT2D eigenvalue weighted by molar-refractivity contribution is 9.11. The van der Waals surface area contributed by atoms with Crippen LogP contribution in [0.4, 0.5) is 4.39 Å². The van der Waals surface area contributed by atoms with E-state index in [2.05, 4.69) is 31.9 Å². The molecule has 5 heteroatoms. The van der Waals surface area contributed by atoms with Gasteiger partial charge >= 0.3 is 0 Å². The van der Waals surface area contributed by atoms with Crippen LogP contribution in [0.2, 0.25) is 5.02 Å². The molecule has 0 bridgehead atoms. The van der Waals surface area contributed by atoms with E-state index >= 15 is 0 Å². The first-order valence-electron chi connectivity index (χ1n) is 4.89. The molecule has 2 rings (SSSR count). The first kappa shape index (κ1) is 13.5. The molecule has 0 nitrogen and oxygen atoms in total. The van der Waals surface area contributed by atoms with Gasteiger partial charge < -0.3 is 0 Å². The molecule has 90 valence electrons. The molecule has 0 N–H and O–H groups in total. The number of rotatable bonds is 3. The van der Waals surface area contributed by atoms with Crippen molar-refractivity contribution >= 4 is 54.8 Å². The number of thiophene rings is 1. The van der Waals surface area contributed by atoms with Crippen LogP contribution in [-0.4, -0.2) is 0 Å². The largest absolute Gasteiger partial charge is 0.207 e. The molecule has 0 spiro atoms. The Balaban J connectivity index is 2.25. The zero-order chi connectivity index (χ0) is 12.4. The summed E-state index contributed by atoms with van der Waals surface area (Å²) in [5.41, 5.74) is 0.552. The van der Waals surface area contributed by atoms with E-state index < -0.39 is 0 Å². The molecule has 17 heavy (non-hydrogen) atoms. The van der Waals surface area contributed by atoms with Crippen LogP contribution in [0.1, 0.15) is 15.3 Å². The van der Waals surface area contributed by atoms with Gasteiger partial charge in [-0.3, -0.25) is 0 Å². The zero-order valence-electron chi connectivity index (χ0n) is 8.59. The van der Waals surface area contributed by atoms with E-state index in [1.807, 2.05) is 11.4 Å². The Hall–Kier alpha value is 0.1000. The summed E-state index contributed by atoms with van der Waals surface area (Å²) in [6.07, 6.45) is 0.532. The van der Waals surface area contributed by atoms with Crippen molar-refractivity contribution in [2.24, 2.45) is 0 Å². The lowest BCUT2D eigenvalue weighted by atomic mass is 10.1. The maximum Gasteiger partial charge on any atom is 0.127 e. The van der Waals surface area contributed by atoms with Gasteiger partial charge in [-0.1, -0.05) is 33.6 Å². The van der Waals surface area contributed by atoms with E-state index in [0.29, 0.717) is 17.0 Å². The zero-order valence-corrected chi connectivity index (χ0v) is 13.3. The molecule has 1 aromatic heterocycles. The van der Waals surface area contributed by atoms with Gasteiger partial charge in [0.2, 0.25) is 0 Å². The van der Waals surface area contributed by atoms with Gasteiger partial charge in [0.05, 0.1) is 4.83 Å². The molecule has 0 saturated carbocycles. The van der Waals surface area contributed by atoms with Crippen molar-refractivity contribution in [1.29, 1.82) is 0 Å². The number of hydrogen-bond acceptors (Lipinski definition) is 1. The molecule has 0 saturated heterocycles. The average Bonchev–Trinajstić information content (AvgIpc) is 2.70. The number of benzene rings is 1. The summed E-state index contributed by atoms with van der Waals surface area (Å²) in [7, 11) is 0. The van der Waals surface area contributed by atoms with Crippen molar-refractivity contribution < 1.29 is 4.39 Å². The summed E-state index contributed by atoms with van der Waals surface area (Å²) in [6.45, 7) is 0. The molecular formula is C12H8Br2ClFS. The van der Waals surface area contributed by atoms with E-state index in [1.165, 1.54) is 6.07 Å². The highest BCUT2D eigenvalue weighted by atomic mass is 79.9. The van der Waals surface area contributed by atoms with Crippen LogP contribution in [0.5, 0.6) is 0 Å².